The first kappa shape index (κ1) is 17.0. The topological polar surface area (TPSA) is 178 Å². The Morgan fingerprint density at radius 1 is 1.21 bits per heavy atom. The van der Waals surface area contributed by atoms with Crippen molar-refractivity contribution in [3.05, 3.63) is 57.0 Å². The lowest BCUT2D eigenvalue weighted by molar-refractivity contribution is -0.138. The molecule has 3 aromatic rings. The molecule has 24 heavy (non-hydrogen) atoms. The van der Waals surface area contributed by atoms with E-state index < -0.39 is 23.3 Å². The Labute approximate surface area is 134 Å². The number of aromatic amines is 3. The van der Waals surface area contributed by atoms with Crippen molar-refractivity contribution in [3.63, 3.8) is 0 Å². The predicted octanol–water partition coefficient (Wildman–Crippen LogP) is -0.714. The number of fused-ring (bicyclic) bond motifs is 1. The minimum absolute atomic E-state index is 0.160. The van der Waals surface area contributed by atoms with Crippen molar-refractivity contribution < 1.29 is 15.0 Å². The average molecular weight is 333 g/mol. The van der Waals surface area contributed by atoms with Gasteiger partial charge in [0.25, 0.3) is 5.56 Å². The third-order valence-electron chi connectivity index (χ3n) is 3.03. The van der Waals surface area contributed by atoms with E-state index in [0.29, 0.717) is 0 Å². The first-order chi connectivity index (χ1) is 11.4. The molecule has 0 saturated heterocycles. The zero-order valence-corrected chi connectivity index (χ0v) is 12.3. The highest BCUT2D eigenvalue weighted by atomic mass is 16.4. The van der Waals surface area contributed by atoms with E-state index in [2.05, 4.69) is 19.9 Å². The number of hydrogen-bond donors (Lipinski definition) is 6. The van der Waals surface area contributed by atoms with Crippen molar-refractivity contribution in [2.45, 2.75) is 12.5 Å². The van der Waals surface area contributed by atoms with Gasteiger partial charge in [0.05, 0.1) is 6.33 Å². The highest BCUT2D eigenvalue weighted by molar-refractivity contribution is 5.73. The predicted molar refractivity (Wildman–Crippen MR) is 84.8 cm³/mol. The number of phenols is 1. The number of carboxylic acid groups (broad SMARTS) is 1. The van der Waals surface area contributed by atoms with Crippen LogP contribution in [0.1, 0.15) is 5.56 Å². The Kier molecular flexibility index (Phi) is 5.12. The van der Waals surface area contributed by atoms with Crippen molar-refractivity contribution in [1.29, 1.82) is 0 Å². The molecule has 2 aromatic heterocycles. The van der Waals surface area contributed by atoms with Crippen LogP contribution in [0.4, 0.5) is 0 Å². The van der Waals surface area contributed by atoms with E-state index in [1.807, 2.05) is 0 Å². The Balaban J connectivity index is 0.000000175. The lowest BCUT2D eigenvalue weighted by Gasteiger charge is -2.05. The molecule has 0 aliphatic carbocycles. The molecule has 1 atom stereocenters. The van der Waals surface area contributed by atoms with Crippen LogP contribution in [0.15, 0.2) is 40.2 Å². The molecule has 2 heterocycles. The molecule has 0 unspecified atom stereocenters. The van der Waals surface area contributed by atoms with Crippen LogP contribution in [-0.2, 0) is 11.2 Å². The number of phenolic OH excluding ortho intramolecular Hbond substituents is 1. The molecular weight excluding hydrogens is 318 g/mol. The quantitative estimate of drug-likeness (QED) is 0.366. The van der Waals surface area contributed by atoms with Crippen LogP contribution in [0.25, 0.3) is 11.2 Å². The first-order valence-corrected chi connectivity index (χ1v) is 6.79. The summed E-state index contributed by atoms with van der Waals surface area (Å²) in [6, 6.07) is 5.42. The number of H-pyrrole nitrogens is 3. The SMILES string of the molecule is N[C@@H](Cc1ccc(O)cc1)C(=O)O.O=c1[nH]c(=O)c2[nH]cnc2[nH]1. The van der Waals surface area contributed by atoms with Crippen molar-refractivity contribution in [1.82, 2.24) is 19.9 Å². The highest BCUT2D eigenvalue weighted by Gasteiger charge is 2.11. The van der Waals surface area contributed by atoms with Gasteiger partial charge in [0.15, 0.2) is 5.65 Å². The minimum Gasteiger partial charge on any atom is -0.508 e. The van der Waals surface area contributed by atoms with Gasteiger partial charge >= 0.3 is 11.7 Å². The molecule has 0 amide bonds. The van der Waals surface area contributed by atoms with E-state index in [-0.39, 0.29) is 23.3 Å². The van der Waals surface area contributed by atoms with Gasteiger partial charge < -0.3 is 20.9 Å². The zero-order valence-electron chi connectivity index (χ0n) is 12.3. The Morgan fingerprint density at radius 2 is 1.88 bits per heavy atom. The number of carboxylic acids is 1. The maximum Gasteiger partial charge on any atom is 0.327 e. The number of nitrogens with zero attached hydrogens (tertiary/aromatic N) is 1. The second-order valence-electron chi connectivity index (χ2n) is 4.85. The van der Waals surface area contributed by atoms with Crippen molar-refractivity contribution >= 4 is 17.1 Å². The van der Waals surface area contributed by atoms with Crippen molar-refractivity contribution in [2.24, 2.45) is 5.73 Å². The lowest BCUT2D eigenvalue weighted by atomic mass is 10.1. The van der Waals surface area contributed by atoms with Gasteiger partial charge in [-0.05, 0) is 24.1 Å². The van der Waals surface area contributed by atoms with E-state index in [9.17, 15) is 14.4 Å². The van der Waals surface area contributed by atoms with Crippen LogP contribution in [-0.4, -0.2) is 42.2 Å². The van der Waals surface area contributed by atoms with Crippen LogP contribution in [0.2, 0.25) is 0 Å². The molecule has 1 aromatic carbocycles. The summed E-state index contributed by atoms with van der Waals surface area (Å²) in [7, 11) is 0. The van der Waals surface area contributed by atoms with Gasteiger partial charge in [-0.2, -0.15) is 0 Å². The van der Waals surface area contributed by atoms with Crippen LogP contribution >= 0.6 is 0 Å². The molecule has 0 spiro atoms. The minimum atomic E-state index is -1.02. The highest BCUT2D eigenvalue weighted by Crippen LogP contribution is 2.10. The fourth-order valence-corrected chi connectivity index (χ4v) is 1.84. The van der Waals surface area contributed by atoms with E-state index >= 15 is 0 Å². The van der Waals surface area contributed by atoms with Crippen molar-refractivity contribution in [2.75, 3.05) is 0 Å². The number of aliphatic carboxylic acids is 1. The Morgan fingerprint density at radius 3 is 2.50 bits per heavy atom. The fourth-order valence-electron chi connectivity index (χ4n) is 1.84. The molecule has 0 saturated carbocycles. The van der Waals surface area contributed by atoms with Gasteiger partial charge in [-0.15, -0.1) is 0 Å². The first-order valence-electron chi connectivity index (χ1n) is 6.79. The summed E-state index contributed by atoms with van der Waals surface area (Å²) >= 11 is 0. The molecule has 3 rings (SSSR count). The van der Waals surface area contributed by atoms with Crippen molar-refractivity contribution in [3.8, 4) is 5.75 Å². The number of nitrogens with two attached hydrogens (primary N) is 1. The number of hydrogen-bond acceptors (Lipinski definition) is 6. The second kappa shape index (κ2) is 7.24. The van der Waals surface area contributed by atoms with E-state index in [1.165, 1.54) is 18.5 Å². The number of aromatic hydroxyl groups is 1. The molecule has 126 valence electrons. The van der Waals surface area contributed by atoms with Gasteiger partial charge in [-0.25, -0.2) is 9.78 Å². The van der Waals surface area contributed by atoms with E-state index in [4.69, 9.17) is 15.9 Å². The summed E-state index contributed by atoms with van der Waals surface area (Å²) in [6.07, 6.45) is 1.62. The van der Waals surface area contributed by atoms with E-state index in [0.717, 1.165) is 5.56 Å². The van der Waals surface area contributed by atoms with Crippen LogP contribution < -0.4 is 17.0 Å². The number of imidazole rings is 1. The molecular formula is C14H15N5O5. The average Bonchev–Trinajstić information content (AvgIpc) is 2.98. The summed E-state index contributed by atoms with van der Waals surface area (Å²) in [6.45, 7) is 0. The summed E-state index contributed by atoms with van der Waals surface area (Å²) in [5, 5.41) is 17.5. The summed E-state index contributed by atoms with van der Waals surface area (Å²) < 4.78 is 0. The third-order valence-corrected chi connectivity index (χ3v) is 3.03. The van der Waals surface area contributed by atoms with E-state index in [1.54, 1.807) is 12.1 Å². The fraction of sp³-hybridized carbons (Fsp3) is 0.143. The molecule has 0 bridgehead atoms. The number of benzene rings is 1. The zero-order chi connectivity index (χ0) is 17.7. The van der Waals surface area contributed by atoms with Crippen LogP contribution in [0.5, 0.6) is 5.75 Å². The standard InChI is InChI=1S/C9H11NO3.C5H4N4O2/c10-8(9(12)13)5-6-1-3-7(11)4-2-6;10-4-2-3(7-1-6-2)8-5(11)9-4/h1-4,8,11H,5,10H2,(H,12,13);1H,(H3,6,7,8,9,10,11)/t8-;/m0./s1. The van der Waals surface area contributed by atoms with Gasteiger partial charge in [0, 0.05) is 0 Å². The van der Waals surface area contributed by atoms with Crippen LogP contribution in [0, 0.1) is 0 Å². The molecule has 0 aliphatic rings. The van der Waals surface area contributed by atoms with Crippen LogP contribution in [0.3, 0.4) is 0 Å². The maximum absolute atomic E-state index is 10.9. The number of nitrogens with one attached hydrogen (secondary N) is 3. The molecule has 10 nitrogen and oxygen atoms in total. The Hall–Kier alpha value is -3.40. The van der Waals surface area contributed by atoms with Gasteiger partial charge in [-0.3, -0.25) is 19.6 Å². The Bertz CT molecular complexity index is 940. The largest absolute Gasteiger partial charge is 0.508 e. The molecule has 0 radical (unpaired) electrons. The van der Waals surface area contributed by atoms with Gasteiger partial charge in [-0.1, -0.05) is 12.1 Å². The molecule has 10 heteroatoms. The number of aromatic nitrogens is 4. The lowest BCUT2D eigenvalue weighted by Crippen LogP contribution is -2.32. The second-order valence-corrected chi connectivity index (χ2v) is 4.85. The molecule has 0 fully saturated rings. The molecule has 0 aliphatic heterocycles. The summed E-state index contributed by atoms with van der Waals surface area (Å²) in [5.41, 5.74) is 5.68. The third kappa shape index (κ3) is 4.30. The molecule has 7 N–H and O–H groups in total. The summed E-state index contributed by atoms with van der Waals surface area (Å²) in [4.78, 5) is 42.7. The maximum atomic E-state index is 10.9. The number of carbonyl (C=O) groups is 1. The number of rotatable bonds is 3. The summed E-state index contributed by atoms with van der Waals surface area (Å²) in [5.74, 6) is -0.860. The van der Waals surface area contributed by atoms with Gasteiger partial charge in [0.1, 0.15) is 17.3 Å². The monoisotopic (exact) mass is 333 g/mol. The smallest absolute Gasteiger partial charge is 0.327 e. The van der Waals surface area contributed by atoms with Gasteiger partial charge in [0.2, 0.25) is 0 Å². The normalized spacial score (nSPS) is 11.5.